The Hall–Kier alpha value is -1.24. The molecule has 0 atom stereocenters. The summed E-state index contributed by atoms with van der Waals surface area (Å²) in [7, 11) is 2.14. The van der Waals surface area contributed by atoms with Crippen LogP contribution in [0.5, 0.6) is 0 Å². The average molecular weight is 273 g/mol. The van der Waals surface area contributed by atoms with Gasteiger partial charge in [-0.05, 0) is 22.8 Å². The van der Waals surface area contributed by atoms with Gasteiger partial charge in [0.2, 0.25) is 0 Å². The van der Waals surface area contributed by atoms with Crippen LogP contribution in [0.4, 0.5) is 0 Å². The highest BCUT2D eigenvalue weighted by molar-refractivity contribution is 5.65. The first-order valence-electron chi connectivity index (χ1n) is 7.48. The van der Waals surface area contributed by atoms with Crippen molar-refractivity contribution in [1.82, 2.24) is 4.90 Å². The van der Waals surface area contributed by atoms with Gasteiger partial charge in [0.05, 0.1) is 0 Å². The summed E-state index contributed by atoms with van der Waals surface area (Å²) in [4.78, 5) is 2.28. The van der Waals surface area contributed by atoms with E-state index >= 15 is 0 Å². The molecule has 0 spiro atoms. The second kappa shape index (κ2) is 6.03. The van der Waals surface area contributed by atoms with E-state index in [0.29, 0.717) is 5.41 Å². The zero-order valence-corrected chi connectivity index (χ0v) is 14.4. The van der Waals surface area contributed by atoms with E-state index in [1.807, 2.05) is 0 Å². The van der Waals surface area contributed by atoms with Gasteiger partial charge >= 0.3 is 0 Å². The molecule has 112 valence electrons. The van der Waals surface area contributed by atoms with Gasteiger partial charge in [0.15, 0.2) is 0 Å². The molecule has 0 amide bonds. The van der Waals surface area contributed by atoms with Crippen LogP contribution in [0.3, 0.4) is 0 Å². The Morgan fingerprint density at radius 1 is 1.00 bits per heavy atom. The average Bonchev–Trinajstić information content (AvgIpc) is 2.24. The minimum atomic E-state index is 0.274. The predicted octanol–water partition coefficient (Wildman–Crippen LogP) is 5.22. The van der Waals surface area contributed by atoms with Crippen LogP contribution in [0.2, 0.25) is 0 Å². The van der Waals surface area contributed by atoms with E-state index in [1.165, 1.54) is 11.1 Å². The van der Waals surface area contributed by atoms with Crippen molar-refractivity contribution in [3.8, 4) is 0 Å². The molecule has 1 heteroatoms. The van der Waals surface area contributed by atoms with E-state index in [9.17, 15) is 0 Å². The number of nitrogens with zero attached hydrogens (tertiary/aromatic N) is 1. The first-order chi connectivity index (χ1) is 8.99. The predicted molar refractivity (Wildman–Crippen MR) is 90.7 cm³/mol. The van der Waals surface area contributed by atoms with Crippen molar-refractivity contribution in [3.63, 3.8) is 0 Å². The minimum Gasteiger partial charge on any atom is -0.374 e. The molecule has 0 aromatic heterocycles. The summed E-state index contributed by atoms with van der Waals surface area (Å²) in [6.45, 7) is 19.0. The van der Waals surface area contributed by atoms with Crippen LogP contribution in [0.15, 0.2) is 30.8 Å². The number of benzene rings is 1. The highest BCUT2D eigenvalue weighted by atomic mass is 15.1. The molecule has 0 radical (unpaired) electrons. The van der Waals surface area contributed by atoms with E-state index in [1.54, 1.807) is 0 Å². The van der Waals surface area contributed by atoms with Gasteiger partial charge < -0.3 is 4.90 Å². The van der Waals surface area contributed by atoms with Gasteiger partial charge in [-0.25, -0.2) is 0 Å². The van der Waals surface area contributed by atoms with E-state index in [2.05, 4.69) is 84.3 Å². The van der Waals surface area contributed by atoms with E-state index in [-0.39, 0.29) is 5.41 Å². The van der Waals surface area contributed by atoms with E-state index in [4.69, 9.17) is 0 Å². The molecular weight excluding hydrogens is 242 g/mol. The molecule has 1 rings (SSSR count). The molecule has 20 heavy (non-hydrogen) atoms. The molecule has 0 bridgehead atoms. The fraction of sp³-hybridized carbons (Fsp3) is 0.579. The third kappa shape index (κ3) is 5.40. The summed E-state index contributed by atoms with van der Waals surface area (Å²) >= 11 is 0. The standard InChI is InChI=1S/C19H31N/c1-15(20(8)14-19(5,6)7)17-12-10-9-11-16(17)13-18(2,3)4/h9-12H,1,13-14H2,2-8H3. The Bertz CT molecular complexity index is 457. The second-order valence-corrected chi connectivity index (χ2v) is 8.26. The Labute approximate surface area is 125 Å². The fourth-order valence-corrected chi connectivity index (χ4v) is 2.54. The molecule has 1 aromatic carbocycles. The largest absolute Gasteiger partial charge is 0.374 e. The second-order valence-electron chi connectivity index (χ2n) is 8.26. The van der Waals surface area contributed by atoms with Crippen LogP contribution in [0.1, 0.15) is 52.7 Å². The molecule has 0 aliphatic carbocycles. The van der Waals surface area contributed by atoms with Gasteiger partial charge in [0.1, 0.15) is 0 Å². The van der Waals surface area contributed by atoms with Crippen LogP contribution >= 0.6 is 0 Å². The highest BCUT2D eigenvalue weighted by Crippen LogP contribution is 2.28. The van der Waals surface area contributed by atoms with Crippen LogP contribution in [0, 0.1) is 10.8 Å². The lowest BCUT2D eigenvalue weighted by Crippen LogP contribution is -2.28. The van der Waals surface area contributed by atoms with Crippen molar-refractivity contribution in [1.29, 1.82) is 0 Å². The fourth-order valence-electron chi connectivity index (χ4n) is 2.54. The topological polar surface area (TPSA) is 3.24 Å². The van der Waals surface area contributed by atoms with Gasteiger partial charge in [-0.3, -0.25) is 0 Å². The zero-order valence-electron chi connectivity index (χ0n) is 14.4. The maximum Gasteiger partial charge on any atom is 0.0367 e. The first kappa shape index (κ1) is 16.8. The first-order valence-corrected chi connectivity index (χ1v) is 7.48. The van der Waals surface area contributed by atoms with Crippen LogP contribution < -0.4 is 0 Å². The van der Waals surface area contributed by atoms with Crippen molar-refractivity contribution < 1.29 is 0 Å². The highest BCUT2D eigenvalue weighted by Gasteiger charge is 2.19. The minimum absolute atomic E-state index is 0.274. The zero-order chi connectivity index (χ0) is 15.6. The molecule has 0 saturated heterocycles. The maximum atomic E-state index is 4.33. The van der Waals surface area contributed by atoms with Gasteiger partial charge in [0.25, 0.3) is 0 Å². The van der Waals surface area contributed by atoms with Gasteiger partial charge in [-0.2, -0.15) is 0 Å². The Morgan fingerprint density at radius 3 is 2.05 bits per heavy atom. The molecule has 0 unspecified atom stereocenters. The summed E-state index contributed by atoms with van der Waals surface area (Å²) < 4.78 is 0. The monoisotopic (exact) mass is 273 g/mol. The Balaban J connectivity index is 2.99. The SMILES string of the molecule is C=C(c1ccccc1CC(C)(C)C)N(C)CC(C)(C)C. The van der Waals surface area contributed by atoms with E-state index < -0.39 is 0 Å². The van der Waals surface area contributed by atoms with Gasteiger partial charge in [-0.15, -0.1) is 0 Å². The lowest BCUT2D eigenvalue weighted by atomic mass is 9.85. The van der Waals surface area contributed by atoms with Gasteiger partial charge in [0, 0.05) is 24.9 Å². The molecule has 0 fully saturated rings. The van der Waals surface area contributed by atoms with Crippen molar-refractivity contribution in [2.75, 3.05) is 13.6 Å². The molecule has 0 aliphatic rings. The van der Waals surface area contributed by atoms with Crippen molar-refractivity contribution in [3.05, 3.63) is 42.0 Å². The molecule has 1 aromatic rings. The molecule has 0 heterocycles. The van der Waals surface area contributed by atoms with E-state index in [0.717, 1.165) is 18.7 Å². The summed E-state index contributed by atoms with van der Waals surface area (Å²) in [6.07, 6.45) is 1.07. The van der Waals surface area contributed by atoms with Crippen molar-refractivity contribution in [2.24, 2.45) is 10.8 Å². The molecule has 0 saturated carbocycles. The lowest BCUT2D eigenvalue weighted by Gasteiger charge is -2.31. The lowest BCUT2D eigenvalue weighted by molar-refractivity contribution is 0.296. The molecule has 1 nitrogen and oxygen atoms in total. The Morgan fingerprint density at radius 2 is 1.55 bits per heavy atom. The third-order valence-electron chi connectivity index (χ3n) is 3.22. The Kier molecular flexibility index (Phi) is 5.07. The van der Waals surface area contributed by atoms with Gasteiger partial charge in [-0.1, -0.05) is 72.4 Å². The van der Waals surface area contributed by atoms with Crippen LogP contribution in [-0.2, 0) is 6.42 Å². The number of hydrogen-bond acceptors (Lipinski definition) is 1. The number of rotatable bonds is 4. The summed E-state index contributed by atoms with van der Waals surface area (Å²) in [6, 6.07) is 8.67. The summed E-state index contributed by atoms with van der Waals surface area (Å²) in [5, 5.41) is 0. The third-order valence-corrected chi connectivity index (χ3v) is 3.22. The molecular formula is C19H31N. The quantitative estimate of drug-likeness (QED) is 0.726. The number of hydrogen-bond donors (Lipinski definition) is 0. The molecule has 0 N–H and O–H groups in total. The maximum absolute atomic E-state index is 4.33. The normalized spacial score (nSPS) is 12.3. The van der Waals surface area contributed by atoms with Crippen molar-refractivity contribution in [2.45, 2.75) is 48.0 Å². The smallest absolute Gasteiger partial charge is 0.0367 e. The van der Waals surface area contributed by atoms with Crippen LogP contribution in [-0.4, -0.2) is 18.5 Å². The van der Waals surface area contributed by atoms with Crippen molar-refractivity contribution >= 4 is 5.70 Å². The molecule has 0 aliphatic heterocycles. The summed E-state index contributed by atoms with van der Waals surface area (Å²) in [5.74, 6) is 0. The van der Waals surface area contributed by atoms with Crippen LogP contribution in [0.25, 0.3) is 5.70 Å². The summed E-state index contributed by atoms with van der Waals surface area (Å²) in [5.41, 5.74) is 4.37.